The average molecular weight is 284 g/mol. The van der Waals surface area contributed by atoms with E-state index in [9.17, 15) is 13.2 Å². The van der Waals surface area contributed by atoms with Crippen LogP contribution in [0.1, 0.15) is 0 Å². The predicted molar refractivity (Wildman–Crippen MR) is 74.7 cm³/mol. The molecule has 0 saturated carbocycles. The standard InChI is InChI=1S/C10H13BN2O3S2/c1-17-7-6-13(10(11)14)8-2-4-9(5-3-8)18(12,15)16/h2-5H,6-7H2,1H3,(H2,12,15,16). The van der Waals surface area contributed by atoms with Gasteiger partial charge < -0.3 is 4.90 Å². The van der Waals surface area contributed by atoms with Gasteiger partial charge in [0, 0.05) is 18.0 Å². The van der Waals surface area contributed by atoms with E-state index in [1.165, 1.54) is 29.2 Å². The molecule has 0 atom stereocenters. The van der Waals surface area contributed by atoms with Crippen LogP contribution < -0.4 is 10.0 Å². The number of sulfonamides is 1. The molecule has 0 saturated heterocycles. The van der Waals surface area contributed by atoms with Crippen LogP contribution in [-0.4, -0.2) is 40.6 Å². The maximum absolute atomic E-state index is 11.3. The topological polar surface area (TPSA) is 80.5 Å². The number of nitrogens with two attached hydrogens (primary N) is 1. The molecule has 0 aliphatic carbocycles. The summed E-state index contributed by atoms with van der Waals surface area (Å²) in [5.74, 6) is 0.160. The van der Waals surface area contributed by atoms with Crippen LogP contribution in [-0.2, 0) is 10.0 Å². The summed E-state index contributed by atoms with van der Waals surface area (Å²) in [5, 5.41) is 4.99. The smallest absolute Gasteiger partial charge is 0.238 e. The lowest BCUT2D eigenvalue weighted by atomic mass is 10.1. The fourth-order valence-electron chi connectivity index (χ4n) is 1.36. The van der Waals surface area contributed by atoms with E-state index >= 15 is 0 Å². The number of thioether (sulfide) groups is 1. The first-order valence-electron chi connectivity index (χ1n) is 5.05. The van der Waals surface area contributed by atoms with Crippen LogP contribution in [0.3, 0.4) is 0 Å². The first-order valence-corrected chi connectivity index (χ1v) is 7.99. The number of carbonyl (C=O) groups is 1. The van der Waals surface area contributed by atoms with Crippen molar-refractivity contribution in [2.24, 2.45) is 5.14 Å². The summed E-state index contributed by atoms with van der Waals surface area (Å²) in [6, 6.07) is 5.70. The summed E-state index contributed by atoms with van der Waals surface area (Å²) in [5.41, 5.74) is 0.545. The van der Waals surface area contributed by atoms with Gasteiger partial charge in [-0.2, -0.15) is 11.8 Å². The first-order chi connectivity index (χ1) is 8.36. The Hall–Kier alpha value is -0.985. The van der Waals surface area contributed by atoms with E-state index in [2.05, 4.69) is 0 Å². The number of carbonyl (C=O) groups excluding carboxylic acids is 1. The lowest BCUT2D eigenvalue weighted by Gasteiger charge is -2.21. The van der Waals surface area contributed by atoms with Gasteiger partial charge in [0.1, 0.15) is 0 Å². The van der Waals surface area contributed by atoms with Crippen molar-refractivity contribution in [3.63, 3.8) is 0 Å². The summed E-state index contributed by atoms with van der Waals surface area (Å²) in [6.07, 6.45) is 1.92. The Balaban J connectivity index is 2.97. The minimum atomic E-state index is -3.72. The Kier molecular flexibility index (Phi) is 5.24. The third-order valence-corrected chi connectivity index (χ3v) is 3.78. The molecular formula is C10H13BN2O3S2. The largest absolute Gasteiger partial charge is 0.321 e. The molecule has 1 amide bonds. The van der Waals surface area contributed by atoms with Gasteiger partial charge in [-0.15, -0.1) is 0 Å². The maximum Gasteiger partial charge on any atom is 0.238 e. The van der Waals surface area contributed by atoms with E-state index in [1.807, 2.05) is 6.26 Å². The Morgan fingerprint density at radius 1 is 1.39 bits per heavy atom. The van der Waals surface area contributed by atoms with Gasteiger partial charge in [-0.3, -0.25) is 4.79 Å². The van der Waals surface area contributed by atoms with Crippen molar-refractivity contribution < 1.29 is 13.2 Å². The number of amides is 1. The molecule has 1 rings (SSSR count). The Morgan fingerprint density at radius 2 is 1.94 bits per heavy atom. The molecule has 1 aromatic rings. The fourth-order valence-corrected chi connectivity index (χ4v) is 2.25. The lowest BCUT2D eigenvalue weighted by Crippen LogP contribution is -2.31. The summed E-state index contributed by atoms with van der Waals surface area (Å²) in [4.78, 5) is 12.7. The maximum atomic E-state index is 11.3. The van der Waals surface area contributed by atoms with Crippen LogP contribution in [0, 0.1) is 0 Å². The quantitative estimate of drug-likeness (QED) is 0.811. The molecule has 0 unspecified atom stereocenters. The lowest BCUT2D eigenvalue weighted by molar-refractivity contribution is 0.264. The van der Waals surface area contributed by atoms with Gasteiger partial charge in [0.25, 0.3) is 0 Å². The monoisotopic (exact) mass is 284 g/mol. The number of primary sulfonamides is 1. The second kappa shape index (κ2) is 6.26. The van der Waals surface area contributed by atoms with Crippen molar-refractivity contribution in [3.8, 4) is 0 Å². The second-order valence-corrected chi connectivity index (χ2v) is 6.07. The molecule has 1 aromatic carbocycles. The molecule has 2 N–H and O–H groups in total. The highest BCUT2D eigenvalue weighted by Gasteiger charge is 2.12. The van der Waals surface area contributed by atoms with E-state index < -0.39 is 15.8 Å². The van der Waals surface area contributed by atoms with Crippen LogP contribution in [0.15, 0.2) is 29.2 Å². The van der Waals surface area contributed by atoms with Crippen molar-refractivity contribution in [2.75, 3.05) is 23.5 Å². The molecule has 0 aliphatic rings. The van der Waals surface area contributed by atoms with Gasteiger partial charge in [0.15, 0.2) is 5.81 Å². The molecule has 0 fully saturated rings. The number of rotatable bonds is 5. The van der Waals surface area contributed by atoms with Crippen LogP contribution in [0.25, 0.3) is 0 Å². The molecule has 2 radical (unpaired) electrons. The zero-order chi connectivity index (χ0) is 13.8. The number of benzene rings is 1. The zero-order valence-electron chi connectivity index (χ0n) is 9.87. The van der Waals surface area contributed by atoms with Crippen molar-refractivity contribution in [1.29, 1.82) is 0 Å². The normalized spacial score (nSPS) is 11.2. The third-order valence-electron chi connectivity index (χ3n) is 2.26. The molecule has 18 heavy (non-hydrogen) atoms. The van der Waals surface area contributed by atoms with Crippen molar-refractivity contribution in [2.45, 2.75) is 4.90 Å². The molecule has 96 valence electrons. The van der Waals surface area contributed by atoms with Gasteiger partial charge in [-0.1, -0.05) is 0 Å². The minimum absolute atomic E-state index is 0.000497. The summed E-state index contributed by atoms with van der Waals surface area (Å²) >= 11 is 1.58. The van der Waals surface area contributed by atoms with E-state index in [0.29, 0.717) is 12.2 Å². The van der Waals surface area contributed by atoms with E-state index in [1.54, 1.807) is 11.8 Å². The molecular weight excluding hydrogens is 271 g/mol. The van der Waals surface area contributed by atoms with Crippen LogP contribution >= 0.6 is 11.8 Å². The molecule has 8 heteroatoms. The summed E-state index contributed by atoms with van der Waals surface area (Å²) in [7, 11) is 1.55. The highest BCUT2D eigenvalue weighted by atomic mass is 32.2. The Labute approximate surface area is 112 Å². The highest BCUT2D eigenvalue weighted by molar-refractivity contribution is 7.98. The van der Waals surface area contributed by atoms with Crippen LogP contribution in [0.5, 0.6) is 0 Å². The van der Waals surface area contributed by atoms with E-state index in [-0.39, 0.29) is 4.90 Å². The second-order valence-electron chi connectivity index (χ2n) is 3.52. The molecule has 0 aromatic heterocycles. The first kappa shape index (κ1) is 15.1. The molecule has 0 bridgehead atoms. The summed E-state index contributed by atoms with van der Waals surface area (Å²) < 4.78 is 22.2. The Morgan fingerprint density at radius 3 is 2.33 bits per heavy atom. The third kappa shape index (κ3) is 4.04. The van der Waals surface area contributed by atoms with Crippen molar-refractivity contribution in [3.05, 3.63) is 24.3 Å². The number of hydrogen-bond donors (Lipinski definition) is 1. The SMILES string of the molecule is [B]C(=O)N(CCSC)c1ccc(S(N)(=O)=O)cc1. The van der Waals surface area contributed by atoms with Gasteiger partial charge in [0.05, 0.1) is 4.90 Å². The summed E-state index contributed by atoms with van der Waals surface area (Å²) in [6.45, 7) is 0.464. The fraction of sp³-hybridized carbons (Fsp3) is 0.300. The minimum Gasteiger partial charge on any atom is -0.321 e. The molecule has 0 spiro atoms. The molecule has 0 heterocycles. The van der Waals surface area contributed by atoms with Gasteiger partial charge in [-0.05, 0) is 30.5 Å². The Bertz CT molecular complexity index is 516. The average Bonchev–Trinajstić information content (AvgIpc) is 2.28. The van der Waals surface area contributed by atoms with Crippen LogP contribution in [0.4, 0.5) is 10.5 Å². The predicted octanol–water partition coefficient (Wildman–Crippen LogP) is 0.792. The van der Waals surface area contributed by atoms with Gasteiger partial charge in [0.2, 0.25) is 17.9 Å². The number of nitrogens with zero attached hydrogens (tertiary/aromatic N) is 1. The number of anilines is 1. The molecule has 5 nitrogen and oxygen atoms in total. The molecule has 0 aliphatic heterocycles. The van der Waals surface area contributed by atoms with Crippen molar-refractivity contribution in [1.82, 2.24) is 0 Å². The van der Waals surface area contributed by atoms with Crippen molar-refractivity contribution >= 4 is 41.1 Å². The zero-order valence-corrected chi connectivity index (χ0v) is 11.5. The highest BCUT2D eigenvalue weighted by Crippen LogP contribution is 2.17. The van der Waals surface area contributed by atoms with Gasteiger partial charge in [-0.25, -0.2) is 13.6 Å². The van der Waals surface area contributed by atoms with E-state index in [4.69, 9.17) is 13.0 Å². The van der Waals surface area contributed by atoms with Gasteiger partial charge >= 0.3 is 0 Å². The number of hydrogen-bond acceptors (Lipinski definition) is 4. The van der Waals surface area contributed by atoms with Crippen LogP contribution in [0.2, 0.25) is 0 Å². The van der Waals surface area contributed by atoms with E-state index in [0.717, 1.165) is 5.75 Å².